The molecule has 0 spiro atoms. The first-order chi connectivity index (χ1) is 7.38. The first-order valence-electron chi connectivity index (χ1n) is 6.22. The van der Waals surface area contributed by atoms with Crippen molar-refractivity contribution < 1.29 is 9.47 Å². The van der Waals surface area contributed by atoms with Crippen molar-refractivity contribution in [3.05, 3.63) is 0 Å². The van der Waals surface area contributed by atoms with E-state index in [-0.39, 0.29) is 0 Å². The van der Waals surface area contributed by atoms with Gasteiger partial charge in [0, 0.05) is 19.8 Å². The van der Waals surface area contributed by atoms with E-state index in [1.54, 1.807) is 0 Å². The minimum Gasteiger partial charge on any atom is -0.381 e. The normalized spacial score (nSPS) is 32.6. The van der Waals surface area contributed by atoms with Crippen molar-refractivity contribution in [3.63, 3.8) is 0 Å². The molecule has 0 amide bonds. The molecule has 0 atom stereocenters. The largest absolute Gasteiger partial charge is 0.381 e. The van der Waals surface area contributed by atoms with Gasteiger partial charge in [-0.05, 0) is 51.1 Å². The average Bonchev–Trinajstić information content (AvgIpc) is 2.23. The molecule has 3 heteroatoms. The van der Waals surface area contributed by atoms with Gasteiger partial charge in [0.25, 0.3) is 0 Å². The molecule has 1 saturated carbocycles. The summed E-state index contributed by atoms with van der Waals surface area (Å²) in [6.07, 6.45) is 5.43. The first-order valence-corrected chi connectivity index (χ1v) is 6.22. The van der Waals surface area contributed by atoms with E-state index in [2.05, 4.69) is 5.32 Å². The van der Waals surface area contributed by atoms with Crippen LogP contribution in [0.5, 0.6) is 0 Å². The van der Waals surface area contributed by atoms with E-state index < -0.39 is 0 Å². The molecule has 0 aromatic rings. The molecular weight excluding hydrogens is 190 g/mol. The molecular formula is C12H23NO2. The van der Waals surface area contributed by atoms with Crippen LogP contribution >= 0.6 is 0 Å². The third kappa shape index (κ3) is 3.44. The zero-order chi connectivity index (χ0) is 10.5. The van der Waals surface area contributed by atoms with Crippen LogP contribution in [0.4, 0.5) is 0 Å². The van der Waals surface area contributed by atoms with Crippen LogP contribution in [0, 0.1) is 11.8 Å². The third-order valence-corrected chi connectivity index (χ3v) is 3.59. The second-order valence-electron chi connectivity index (χ2n) is 4.91. The summed E-state index contributed by atoms with van der Waals surface area (Å²) < 4.78 is 11.2. The fourth-order valence-electron chi connectivity index (χ4n) is 2.45. The van der Waals surface area contributed by atoms with Gasteiger partial charge in [-0.3, -0.25) is 0 Å². The Morgan fingerprint density at radius 1 is 1.20 bits per heavy atom. The van der Waals surface area contributed by atoms with Gasteiger partial charge < -0.3 is 14.8 Å². The highest BCUT2D eigenvalue weighted by Crippen LogP contribution is 2.30. The van der Waals surface area contributed by atoms with Crippen molar-refractivity contribution >= 4 is 0 Å². The van der Waals surface area contributed by atoms with Gasteiger partial charge in [0.15, 0.2) is 0 Å². The van der Waals surface area contributed by atoms with Crippen LogP contribution in [0.1, 0.15) is 25.7 Å². The van der Waals surface area contributed by atoms with E-state index in [1.807, 2.05) is 7.05 Å². The summed E-state index contributed by atoms with van der Waals surface area (Å²) in [4.78, 5) is 0. The van der Waals surface area contributed by atoms with E-state index in [0.717, 1.165) is 38.2 Å². The standard InChI is InChI=1S/C12H23NO2/c1-13-8-11-6-12(7-11)15-9-10-2-4-14-5-3-10/h10-13H,2-9H2,1H3. The fourth-order valence-corrected chi connectivity index (χ4v) is 2.45. The lowest BCUT2D eigenvalue weighted by atomic mass is 9.82. The average molecular weight is 213 g/mol. The monoisotopic (exact) mass is 213 g/mol. The van der Waals surface area contributed by atoms with E-state index in [1.165, 1.54) is 25.7 Å². The van der Waals surface area contributed by atoms with Gasteiger partial charge in [-0.2, -0.15) is 0 Å². The Labute approximate surface area is 92.5 Å². The van der Waals surface area contributed by atoms with E-state index >= 15 is 0 Å². The number of ether oxygens (including phenoxy) is 2. The van der Waals surface area contributed by atoms with Gasteiger partial charge in [-0.1, -0.05) is 0 Å². The summed E-state index contributed by atoms with van der Waals surface area (Å²) in [5, 5.41) is 3.22. The molecule has 1 aliphatic carbocycles. The highest BCUT2D eigenvalue weighted by molar-refractivity contribution is 4.81. The van der Waals surface area contributed by atoms with Crippen molar-refractivity contribution in [2.75, 3.05) is 33.4 Å². The lowest BCUT2D eigenvalue weighted by Gasteiger charge is -2.36. The minimum absolute atomic E-state index is 0.547. The van der Waals surface area contributed by atoms with Crippen molar-refractivity contribution in [1.82, 2.24) is 5.32 Å². The van der Waals surface area contributed by atoms with E-state index in [0.29, 0.717) is 6.10 Å². The molecule has 0 aromatic heterocycles. The molecule has 2 fully saturated rings. The van der Waals surface area contributed by atoms with Gasteiger partial charge in [0.2, 0.25) is 0 Å². The van der Waals surface area contributed by atoms with Crippen LogP contribution in [-0.4, -0.2) is 39.5 Å². The predicted octanol–water partition coefficient (Wildman–Crippen LogP) is 1.43. The van der Waals surface area contributed by atoms with Crippen molar-refractivity contribution in [2.45, 2.75) is 31.8 Å². The number of hydrogen-bond donors (Lipinski definition) is 1. The number of nitrogens with one attached hydrogen (secondary N) is 1. The van der Waals surface area contributed by atoms with Gasteiger partial charge >= 0.3 is 0 Å². The summed E-state index contributed by atoms with van der Waals surface area (Å²) in [6.45, 7) is 3.97. The van der Waals surface area contributed by atoms with Crippen LogP contribution < -0.4 is 5.32 Å². The third-order valence-electron chi connectivity index (χ3n) is 3.59. The smallest absolute Gasteiger partial charge is 0.0581 e. The molecule has 88 valence electrons. The van der Waals surface area contributed by atoms with Crippen LogP contribution in [0.2, 0.25) is 0 Å². The maximum absolute atomic E-state index is 5.91. The molecule has 0 aromatic carbocycles. The van der Waals surface area contributed by atoms with E-state index in [4.69, 9.17) is 9.47 Å². The lowest BCUT2D eigenvalue weighted by Crippen LogP contribution is -2.38. The SMILES string of the molecule is CNCC1CC(OCC2CCOCC2)C1. The Kier molecular flexibility index (Phi) is 4.42. The molecule has 0 unspecified atom stereocenters. The van der Waals surface area contributed by atoms with Gasteiger partial charge in [-0.25, -0.2) is 0 Å². The molecule has 2 aliphatic rings. The first kappa shape index (κ1) is 11.4. The molecule has 3 nitrogen and oxygen atoms in total. The summed E-state index contributed by atoms with van der Waals surface area (Å²) in [7, 11) is 2.02. The Hall–Kier alpha value is -0.120. The van der Waals surface area contributed by atoms with Gasteiger partial charge in [0.1, 0.15) is 0 Å². The molecule has 0 bridgehead atoms. The summed E-state index contributed by atoms with van der Waals surface area (Å²) in [6, 6.07) is 0. The highest BCUT2D eigenvalue weighted by atomic mass is 16.5. The molecule has 1 N–H and O–H groups in total. The molecule has 0 radical (unpaired) electrons. The summed E-state index contributed by atoms with van der Waals surface area (Å²) in [5.74, 6) is 1.61. The van der Waals surface area contributed by atoms with Crippen LogP contribution in [0.15, 0.2) is 0 Å². The predicted molar refractivity (Wildman–Crippen MR) is 59.9 cm³/mol. The molecule has 15 heavy (non-hydrogen) atoms. The topological polar surface area (TPSA) is 30.5 Å². The maximum Gasteiger partial charge on any atom is 0.0581 e. The second kappa shape index (κ2) is 5.83. The lowest BCUT2D eigenvalue weighted by molar-refractivity contribution is -0.0598. The molecule has 1 aliphatic heterocycles. The zero-order valence-electron chi connectivity index (χ0n) is 9.71. The van der Waals surface area contributed by atoms with Crippen molar-refractivity contribution in [3.8, 4) is 0 Å². The Bertz CT molecular complexity index is 174. The molecule has 1 heterocycles. The van der Waals surface area contributed by atoms with E-state index in [9.17, 15) is 0 Å². The Morgan fingerprint density at radius 3 is 2.60 bits per heavy atom. The summed E-state index contributed by atoms with van der Waals surface area (Å²) >= 11 is 0. The van der Waals surface area contributed by atoms with Crippen molar-refractivity contribution in [2.24, 2.45) is 11.8 Å². The number of hydrogen-bond acceptors (Lipinski definition) is 3. The number of rotatable bonds is 5. The summed E-state index contributed by atoms with van der Waals surface area (Å²) in [5.41, 5.74) is 0. The van der Waals surface area contributed by atoms with Gasteiger partial charge in [0.05, 0.1) is 6.10 Å². The molecule has 2 rings (SSSR count). The van der Waals surface area contributed by atoms with Crippen LogP contribution in [0.25, 0.3) is 0 Å². The van der Waals surface area contributed by atoms with Crippen molar-refractivity contribution in [1.29, 1.82) is 0 Å². The maximum atomic E-state index is 5.91. The molecule has 1 saturated heterocycles. The van der Waals surface area contributed by atoms with Crippen LogP contribution in [-0.2, 0) is 9.47 Å². The quantitative estimate of drug-likeness (QED) is 0.749. The zero-order valence-corrected chi connectivity index (χ0v) is 9.71. The highest BCUT2D eigenvalue weighted by Gasteiger charge is 2.29. The van der Waals surface area contributed by atoms with Crippen LogP contribution in [0.3, 0.4) is 0 Å². The second-order valence-corrected chi connectivity index (χ2v) is 4.91. The van der Waals surface area contributed by atoms with Gasteiger partial charge in [-0.15, -0.1) is 0 Å². The fraction of sp³-hybridized carbons (Fsp3) is 1.00. The Morgan fingerprint density at radius 2 is 1.93 bits per heavy atom. The minimum atomic E-state index is 0.547. The Balaban J connectivity index is 1.52.